The van der Waals surface area contributed by atoms with E-state index in [1.54, 1.807) is 31.2 Å². The number of benzene rings is 2. The Morgan fingerprint density at radius 1 is 1.21 bits per heavy atom. The summed E-state index contributed by atoms with van der Waals surface area (Å²) in [6, 6.07) is 6.37. The Labute approximate surface area is 170 Å². The fourth-order valence-electron chi connectivity index (χ4n) is 2.90. The first kappa shape index (κ1) is 20.8. The topological polar surface area (TPSA) is 47.6 Å². The van der Waals surface area contributed by atoms with Crippen molar-refractivity contribution in [2.75, 3.05) is 18.5 Å². The SMILES string of the molecule is C=CCOc1c(Cl)cc(/C=C2\C(=O)Nc3cc(C(F)(F)F)ccc32)cc1OCC. The highest BCUT2D eigenvalue weighted by Gasteiger charge is 2.33. The predicted molar refractivity (Wildman–Crippen MR) is 106 cm³/mol. The predicted octanol–water partition coefficient (Wildman–Crippen LogP) is 5.82. The van der Waals surface area contributed by atoms with Gasteiger partial charge in [0, 0.05) is 16.8 Å². The summed E-state index contributed by atoms with van der Waals surface area (Å²) in [6.45, 7) is 5.98. The van der Waals surface area contributed by atoms with Crippen LogP contribution >= 0.6 is 11.6 Å². The lowest BCUT2D eigenvalue weighted by atomic mass is 10.0. The summed E-state index contributed by atoms with van der Waals surface area (Å²) < 4.78 is 49.8. The van der Waals surface area contributed by atoms with Gasteiger partial charge in [0.1, 0.15) is 6.61 Å². The smallest absolute Gasteiger partial charge is 0.416 e. The fourth-order valence-corrected chi connectivity index (χ4v) is 3.17. The molecule has 4 nitrogen and oxygen atoms in total. The van der Waals surface area contributed by atoms with Crippen molar-refractivity contribution in [2.24, 2.45) is 0 Å². The third-order valence-corrected chi connectivity index (χ3v) is 4.40. The summed E-state index contributed by atoms with van der Waals surface area (Å²) in [7, 11) is 0. The van der Waals surface area contributed by atoms with E-state index < -0.39 is 17.6 Å². The summed E-state index contributed by atoms with van der Waals surface area (Å²) in [4.78, 5) is 12.3. The number of nitrogens with one attached hydrogen (secondary N) is 1. The van der Waals surface area contributed by atoms with Gasteiger partial charge in [-0.2, -0.15) is 13.2 Å². The van der Waals surface area contributed by atoms with Crippen molar-refractivity contribution >= 4 is 34.8 Å². The van der Waals surface area contributed by atoms with E-state index in [4.69, 9.17) is 21.1 Å². The molecule has 29 heavy (non-hydrogen) atoms. The zero-order valence-corrected chi connectivity index (χ0v) is 16.2. The van der Waals surface area contributed by atoms with E-state index in [1.165, 1.54) is 6.07 Å². The quantitative estimate of drug-likeness (QED) is 0.470. The second-order valence-electron chi connectivity index (χ2n) is 6.13. The van der Waals surface area contributed by atoms with Gasteiger partial charge in [0.05, 0.1) is 17.2 Å². The molecule has 0 bridgehead atoms. The van der Waals surface area contributed by atoms with Crippen molar-refractivity contribution in [1.82, 2.24) is 0 Å². The maximum Gasteiger partial charge on any atom is 0.416 e. The monoisotopic (exact) mass is 423 g/mol. The fraction of sp³-hybridized carbons (Fsp3) is 0.190. The van der Waals surface area contributed by atoms with Gasteiger partial charge in [-0.3, -0.25) is 4.79 Å². The average molecular weight is 424 g/mol. The Morgan fingerprint density at radius 2 is 1.97 bits per heavy atom. The molecular formula is C21H17ClF3NO3. The van der Waals surface area contributed by atoms with Gasteiger partial charge >= 0.3 is 6.18 Å². The second-order valence-corrected chi connectivity index (χ2v) is 6.54. The third kappa shape index (κ3) is 4.40. The van der Waals surface area contributed by atoms with Gasteiger partial charge in [0.2, 0.25) is 0 Å². The summed E-state index contributed by atoms with van der Waals surface area (Å²) in [6.07, 6.45) is -1.38. The molecule has 0 unspecified atom stereocenters. The van der Waals surface area contributed by atoms with E-state index >= 15 is 0 Å². The van der Waals surface area contributed by atoms with Crippen LogP contribution in [0.25, 0.3) is 11.6 Å². The van der Waals surface area contributed by atoms with Gasteiger partial charge < -0.3 is 14.8 Å². The number of fused-ring (bicyclic) bond motifs is 1. The molecule has 0 aliphatic carbocycles. The van der Waals surface area contributed by atoms with E-state index in [1.807, 2.05) is 0 Å². The molecule has 1 heterocycles. The lowest BCUT2D eigenvalue weighted by Gasteiger charge is -2.13. The zero-order valence-electron chi connectivity index (χ0n) is 15.4. The second kappa shape index (κ2) is 8.21. The van der Waals surface area contributed by atoms with Crippen LogP contribution < -0.4 is 14.8 Å². The van der Waals surface area contributed by atoms with Gasteiger partial charge in [-0.05, 0) is 42.8 Å². The normalized spacial score (nSPS) is 14.5. The molecule has 0 radical (unpaired) electrons. The number of carbonyl (C=O) groups is 1. The molecule has 0 atom stereocenters. The van der Waals surface area contributed by atoms with Gasteiger partial charge in [-0.1, -0.05) is 30.3 Å². The number of halogens is 4. The molecule has 3 rings (SSSR count). The van der Waals surface area contributed by atoms with Crippen LogP contribution in [0.5, 0.6) is 11.5 Å². The molecule has 0 saturated carbocycles. The Morgan fingerprint density at radius 3 is 2.62 bits per heavy atom. The maximum absolute atomic E-state index is 12.9. The zero-order chi connectivity index (χ0) is 21.2. The number of hydrogen-bond donors (Lipinski definition) is 1. The first-order chi connectivity index (χ1) is 13.7. The standard InChI is InChI=1S/C21H17ClF3NO3/c1-3-7-29-19-16(22)9-12(10-18(19)28-4-2)8-15-14-6-5-13(21(23,24)25)11-17(14)26-20(15)27/h3,5-6,8-11H,1,4,7H2,2H3,(H,26,27)/b15-8-. The van der Waals surface area contributed by atoms with E-state index in [-0.39, 0.29) is 22.9 Å². The number of alkyl halides is 3. The van der Waals surface area contributed by atoms with Crippen LogP contribution in [-0.2, 0) is 11.0 Å². The lowest BCUT2D eigenvalue weighted by molar-refractivity contribution is -0.137. The molecule has 8 heteroatoms. The summed E-state index contributed by atoms with van der Waals surface area (Å²) in [5.74, 6) is 0.238. The van der Waals surface area contributed by atoms with Gasteiger partial charge in [0.25, 0.3) is 5.91 Å². The number of hydrogen-bond acceptors (Lipinski definition) is 3. The van der Waals surface area contributed by atoms with Crippen molar-refractivity contribution in [3.05, 3.63) is 64.7 Å². The minimum atomic E-state index is -4.49. The molecule has 1 N–H and O–H groups in total. The molecule has 0 aromatic heterocycles. The third-order valence-electron chi connectivity index (χ3n) is 4.12. The molecule has 1 aliphatic rings. The first-order valence-corrected chi connectivity index (χ1v) is 9.07. The van der Waals surface area contributed by atoms with Crippen molar-refractivity contribution in [3.63, 3.8) is 0 Å². The van der Waals surface area contributed by atoms with Gasteiger partial charge in [0.15, 0.2) is 11.5 Å². The molecular weight excluding hydrogens is 407 g/mol. The van der Waals surface area contributed by atoms with E-state index in [2.05, 4.69) is 11.9 Å². The molecule has 152 valence electrons. The maximum atomic E-state index is 12.9. The Bertz CT molecular complexity index is 999. The van der Waals surface area contributed by atoms with Crippen LogP contribution in [0.15, 0.2) is 43.0 Å². The molecule has 0 spiro atoms. The number of anilines is 1. The van der Waals surface area contributed by atoms with Crippen molar-refractivity contribution in [3.8, 4) is 11.5 Å². The first-order valence-electron chi connectivity index (χ1n) is 8.69. The number of amides is 1. The van der Waals surface area contributed by atoms with Crippen LogP contribution in [0.2, 0.25) is 5.02 Å². The molecule has 0 saturated heterocycles. The van der Waals surface area contributed by atoms with Gasteiger partial charge in [-0.15, -0.1) is 0 Å². The van der Waals surface area contributed by atoms with Gasteiger partial charge in [-0.25, -0.2) is 0 Å². The lowest BCUT2D eigenvalue weighted by Crippen LogP contribution is -2.06. The highest BCUT2D eigenvalue weighted by Crippen LogP contribution is 2.41. The summed E-state index contributed by atoms with van der Waals surface area (Å²) in [5, 5.41) is 2.74. The summed E-state index contributed by atoms with van der Waals surface area (Å²) in [5.41, 5.74) is 0.430. The van der Waals surface area contributed by atoms with E-state index in [0.29, 0.717) is 29.2 Å². The molecule has 1 amide bonds. The summed E-state index contributed by atoms with van der Waals surface area (Å²) >= 11 is 6.30. The Kier molecular flexibility index (Phi) is 5.88. The van der Waals surface area contributed by atoms with E-state index in [9.17, 15) is 18.0 Å². The number of ether oxygens (including phenoxy) is 2. The highest BCUT2D eigenvalue weighted by atomic mass is 35.5. The Balaban J connectivity index is 2.03. The minimum absolute atomic E-state index is 0.109. The van der Waals surface area contributed by atoms with Crippen LogP contribution in [0, 0.1) is 0 Å². The van der Waals surface area contributed by atoms with Crippen molar-refractivity contribution in [1.29, 1.82) is 0 Å². The molecule has 0 fully saturated rings. The van der Waals surface area contributed by atoms with Crippen molar-refractivity contribution < 1.29 is 27.4 Å². The number of rotatable bonds is 6. The Hall–Kier alpha value is -2.93. The average Bonchev–Trinajstić information content (AvgIpc) is 2.95. The molecule has 2 aromatic carbocycles. The van der Waals surface area contributed by atoms with Crippen LogP contribution in [0.4, 0.5) is 18.9 Å². The van der Waals surface area contributed by atoms with Crippen molar-refractivity contribution in [2.45, 2.75) is 13.1 Å². The number of carbonyl (C=O) groups excluding carboxylic acids is 1. The molecule has 1 aliphatic heterocycles. The molecule has 2 aromatic rings. The van der Waals surface area contributed by atoms with Crippen LogP contribution in [0.1, 0.15) is 23.6 Å². The largest absolute Gasteiger partial charge is 0.490 e. The van der Waals surface area contributed by atoms with Crippen LogP contribution in [0.3, 0.4) is 0 Å². The van der Waals surface area contributed by atoms with Crippen LogP contribution in [-0.4, -0.2) is 19.1 Å². The minimum Gasteiger partial charge on any atom is -0.490 e. The van der Waals surface area contributed by atoms with E-state index in [0.717, 1.165) is 12.1 Å². The highest BCUT2D eigenvalue weighted by molar-refractivity contribution is 6.35.